The van der Waals surface area contributed by atoms with Crippen LogP contribution < -0.4 is 11.1 Å². The van der Waals surface area contributed by atoms with E-state index in [2.05, 4.69) is 17.3 Å². The minimum absolute atomic E-state index is 0.0854. The van der Waals surface area contributed by atoms with E-state index in [-0.39, 0.29) is 5.91 Å². The Morgan fingerprint density at radius 2 is 2.29 bits per heavy atom. The molecule has 5 heteroatoms. The standard InChI is InChI=1S/C12H22N4O/c1-4-6-10(13)12(17)14-7-9-8-16(3)15-11(9)5-2/h8,10H,4-7,13H2,1-3H3,(H,14,17)/t10-/m1/s1. The van der Waals surface area contributed by atoms with Crippen LogP contribution in [-0.4, -0.2) is 21.7 Å². The summed E-state index contributed by atoms with van der Waals surface area (Å²) in [5, 5.41) is 7.18. The van der Waals surface area contributed by atoms with Gasteiger partial charge in [0.25, 0.3) is 0 Å². The summed E-state index contributed by atoms with van der Waals surface area (Å²) < 4.78 is 1.77. The Hall–Kier alpha value is -1.36. The number of nitrogens with one attached hydrogen (secondary N) is 1. The highest BCUT2D eigenvalue weighted by Gasteiger charge is 2.13. The molecule has 0 bridgehead atoms. The molecule has 17 heavy (non-hydrogen) atoms. The third kappa shape index (κ3) is 3.85. The molecule has 0 aliphatic carbocycles. The van der Waals surface area contributed by atoms with Gasteiger partial charge in [-0.05, 0) is 12.8 Å². The van der Waals surface area contributed by atoms with Gasteiger partial charge in [0, 0.05) is 25.4 Å². The Morgan fingerprint density at radius 1 is 1.59 bits per heavy atom. The van der Waals surface area contributed by atoms with Crippen molar-refractivity contribution in [2.45, 2.75) is 45.7 Å². The molecule has 0 saturated heterocycles. The van der Waals surface area contributed by atoms with Crippen LogP contribution in [0.3, 0.4) is 0 Å². The average molecular weight is 238 g/mol. The second kappa shape index (κ2) is 6.39. The first-order valence-corrected chi connectivity index (χ1v) is 6.13. The van der Waals surface area contributed by atoms with Crippen molar-refractivity contribution in [1.82, 2.24) is 15.1 Å². The second-order valence-corrected chi connectivity index (χ2v) is 4.24. The summed E-state index contributed by atoms with van der Waals surface area (Å²) in [5.74, 6) is -0.0854. The molecule has 3 N–H and O–H groups in total. The van der Waals surface area contributed by atoms with Crippen LogP contribution in [0.15, 0.2) is 6.20 Å². The highest BCUT2D eigenvalue weighted by molar-refractivity contribution is 5.81. The molecule has 0 aliphatic rings. The summed E-state index contributed by atoms with van der Waals surface area (Å²) in [7, 11) is 1.88. The second-order valence-electron chi connectivity index (χ2n) is 4.24. The van der Waals surface area contributed by atoms with Crippen molar-refractivity contribution in [3.63, 3.8) is 0 Å². The van der Waals surface area contributed by atoms with Gasteiger partial charge in [-0.3, -0.25) is 9.48 Å². The van der Waals surface area contributed by atoms with Gasteiger partial charge in [0.1, 0.15) is 0 Å². The normalized spacial score (nSPS) is 12.5. The summed E-state index contributed by atoms with van der Waals surface area (Å²) in [6.07, 6.45) is 4.44. The number of nitrogens with zero attached hydrogens (tertiary/aromatic N) is 2. The molecule has 1 amide bonds. The Labute approximate surface area is 102 Å². The van der Waals surface area contributed by atoms with E-state index in [1.165, 1.54) is 0 Å². The van der Waals surface area contributed by atoms with E-state index < -0.39 is 6.04 Å². The van der Waals surface area contributed by atoms with Crippen LogP contribution in [0, 0.1) is 0 Å². The molecule has 0 fully saturated rings. The molecule has 1 heterocycles. The largest absolute Gasteiger partial charge is 0.351 e. The lowest BCUT2D eigenvalue weighted by atomic mass is 10.1. The van der Waals surface area contributed by atoms with E-state index >= 15 is 0 Å². The van der Waals surface area contributed by atoms with Crippen LogP contribution in [0.25, 0.3) is 0 Å². The van der Waals surface area contributed by atoms with Crippen molar-refractivity contribution in [3.8, 4) is 0 Å². The zero-order chi connectivity index (χ0) is 12.8. The topological polar surface area (TPSA) is 72.9 Å². The SMILES string of the molecule is CCC[C@@H](N)C(=O)NCc1cn(C)nc1CC. The van der Waals surface area contributed by atoms with Gasteiger partial charge in [0.05, 0.1) is 11.7 Å². The molecule has 0 spiro atoms. The summed E-state index contributed by atoms with van der Waals surface area (Å²) in [6.45, 7) is 4.58. The van der Waals surface area contributed by atoms with Crippen molar-refractivity contribution < 1.29 is 4.79 Å². The van der Waals surface area contributed by atoms with Gasteiger partial charge in [0.2, 0.25) is 5.91 Å². The summed E-state index contributed by atoms with van der Waals surface area (Å²) >= 11 is 0. The van der Waals surface area contributed by atoms with Gasteiger partial charge in [-0.2, -0.15) is 5.10 Å². The number of carbonyl (C=O) groups is 1. The summed E-state index contributed by atoms with van der Waals surface area (Å²) in [5.41, 5.74) is 7.82. The fourth-order valence-electron chi connectivity index (χ4n) is 1.78. The maximum atomic E-state index is 11.6. The van der Waals surface area contributed by atoms with Crippen LogP contribution in [-0.2, 0) is 24.8 Å². The summed E-state index contributed by atoms with van der Waals surface area (Å²) in [4.78, 5) is 11.6. The zero-order valence-electron chi connectivity index (χ0n) is 10.9. The molecule has 0 aliphatic heterocycles. The van der Waals surface area contributed by atoms with Crippen molar-refractivity contribution in [2.75, 3.05) is 0 Å². The van der Waals surface area contributed by atoms with Gasteiger partial charge in [-0.1, -0.05) is 20.3 Å². The molecule has 5 nitrogen and oxygen atoms in total. The molecule has 1 aromatic heterocycles. The number of amides is 1. The Balaban J connectivity index is 2.52. The smallest absolute Gasteiger partial charge is 0.237 e. The van der Waals surface area contributed by atoms with Crippen LogP contribution >= 0.6 is 0 Å². The highest BCUT2D eigenvalue weighted by Crippen LogP contribution is 2.06. The van der Waals surface area contributed by atoms with Crippen LogP contribution in [0.5, 0.6) is 0 Å². The van der Waals surface area contributed by atoms with Crippen molar-refractivity contribution in [2.24, 2.45) is 12.8 Å². The number of hydrogen-bond acceptors (Lipinski definition) is 3. The fraction of sp³-hybridized carbons (Fsp3) is 0.667. The number of carbonyl (C=O) groups excluding carboxylic acids is 1. The predicted molar refractivity (Wildman–Crippen MR) is 67.3 cm³/mol. The molecular formula is C12H22N4O. The molecule has 0 radical (unpaired) electrons. The third-order valence-electron chi connectivity index (χ3n) is 2.72. The lowest BCUT2D eigenvalue weighted by Crippen LogP contribution is -2.40. The maximum absolute atomic E-state index is 11.6. The number of nitrogens with two attached hydrogens (primary N) is 1. The van der Waals surface area contributed by atoms with Crippen molar-refractivity contribution in [3.05, 3.63) is 17.5 Å². The number of aryl methyl sites for hydroxylation is 2. The first kappa shape index (κ1) is 13.7. The molecule has 0 saturated carbocycles. The quantitative estimate of drug-likeness (QED) is 0.767. The Bertz CT molecular complexity index is 373. The number of aromatic nitrogens is 2. The lowest BCUT2D eigenvalue weighted by molar-refractivity contribution is -0.122. The van der Waals surface area contributed by atoms with Gasteiger partial charge in [0.15, 0.2) is 0 Å². The molecule has 0 unspecified atom stereocenters. The van der Waals surface area contributed by atoms with Crippen molar-refractivity contribution >= 4 is 5.91 Å². The van der Waals surface area contributed by atoms with E-state index in [0.29, 0.717) is 6.54 Å². The average Bonchev–Trinajstić information content (AvgIpc) is 2.66. The van der Waals surface area contributed by atoms with Crippen LogP contribution in [0.1, 0.15) is 37.9 Å². The van der Waals surface area contributed by atoms with Crippen LogP contribution in [0.4, 0.5) is 0 Å². The first-order chi connectivity index (χ1) is 8.08. The van der Waals surface area contributed by atoms with Gasteiger partial charge >= 0.3 is 0 Å². The van der Waals surface area contributed by atoms with Gasteiger partial charge in [-0.15, -0.1) is 0 Å². The van der Waals surface area contributed by atoms with Gasteiger partial charge in [-0.25, -0.2) is 0 Å². The number of rotatable bonds is 6. The fourth-order valence-corrected chi connectivity index (χ4v) is 1.78. The third-order valence-corrected chi connectivity index (χ3v) is 2.72. The van der Waals surface area contributed by atoms with Crippen molar-refractivity contribution in [1.29, 1.82) is 0 Å². The highest BCUT2D eigenvalue weighted by atomic mass is 16.2. The molecule has 1 aromatic rings. The minimum atomic E-state index is -0.401. The first-order valence-electron chi connectivity index (χ1n) is 6.13. The van der Waals surface area contributed by atoms with E-state index in [1.807, 2.05) is 20.2 Å². The zero-order valence-corrected chi connectivity index (χ0v) is 10.9. The molecule has 0 aromatic carbocycles. The van der Waals surface area contributed by atoms with E-state index in [0.717, 1.165) is 30.5 Å². The van der Waals surface area contributed by atoms with Gasteiger partial charge < -0.3 is 11.1 Å². The predicted octanol–water partition coefficient (Wildman–Crippen LogP) is 0.726. The molecule has 96 valence electrons. The molecular weight excluding hydrogens is 216 g/mol. The van der Waals surface area contributed by atoms with E-state index in [1.54, 1.807) is 4.68 Å². The Kier molecular flexibility index (Phi) is 5.15. The van der Waals surface area contributed by atoms with Crippen LogP contribution in [0.2, 0.25) is 0 Å². The summed E-state index contributed by atoms with van der Waals surface area (Å²) in [6, 6.07) is -0.401. The lowest BCUT2D eigenvalue weighted by Gasteiger charge is -2.10. The Morgan fingerprint density at radius 3 is 2.88 bits per heavy atom. The molecule has 1 rings (SSSR count). The monoisotopic (exact) mass is 238 g/mol. The van der Waals surface area contributed by atoms with E-state index in [4.69, 9.17) is 5.73 Å². The maximum Gasteiger partial charge on any atom is 0.237 e. The minimum Gasteiger partial charge on any atom is -0.351 e. The van der Waals surface area contributed by atoms with E-state index in [9.17, 15) is 4.79 Å². The number of hydrogen-bond donors (Lipinski definition) is 2. The molecule has 1 atom stereocenters.